The summed E-state index contributed by atoms with van der Waals surface area (Å²) in [6, 6.07) is 4.96. The van der Waals surface area contributed by atoms with E-state index >= 15 is 0 Å². The Bertz CT molecular complexity index is 1120. The summed E-state index contributed by atoms with van der Waals surface area (Å²) < 4.78 is 15.5. The summed E-state index contributed by atoms with van der Waals surface area (Å²) in [5.41, 5.74) is 5.09. The number of primary amides is 1. The first-order valence-corrected chi connectivity index (χ1v) is 10.3. The molecule has 30 heavy (non-hydrogen) atoms. The van der Waals surface area contributed by atoms with E-state index in [1.165, 1.54) is 24.4 Å². The lowest BCUT2D eigenvalue weighted by Crippen LogP contribution is -2.21. The minimum Gasteiger partial charge on any atom is -0.366 e. The third kappa shape index (κ3) is 5.28. The monoisotopic (exact) mass is 535 g/mol. The van der Waals surface area contributed by atoms with E-state index in [0.717, 1.165) is 10.7 Å². The van der Waals surface area contributed by atoms with E-state index in [-0.39, 0.29) is 42.4 Å². The Morgan fingerprint density at radius 2 is 1.80 bits per heavy atom. The molecule has 2 amide bonds. The van der Waals surface area contributed by atoms with Crippen LogP contribution in [-0.2, 0) is 0 Å². The number of hydrogen-bond donors (Lipinski definition) is 2. The molecule has 158 valence electrons. The minimum atomic E-state index is -0.847. The van der Waals surface area contributed by atoms with Crippen LogP contribution in [0.5, 0.6) is 0 Å². The molecule has 3 N–H and O–H groups in total. The molecule has 0 saturated carbocycles. The zero-order chi connectivity index (χ0) is 22.6. The number of hydrogen-bond acceptors (Lipinski definition) is 4. The number of aromatic nitrogens is 3. The van der Waals surface area contributed by atoms with E-state index in [0.29, 0.717) is 0 Å². The molecule has 0 spiro atoms. The molecule has 12 heteroatoms. The van der Waals surface area contributed by atoms with Gasteiger partial charge in [0.1, 0.15) is 10.3 Å². The number of carbonyl (C=O) groups is 2. The summed E-state index contributed by atoms with van der Waals surface area (Å²) in [7, 11) is 0. The average Bonchev–Trinajstić information content (AvgIpc) is 3.06. The fraction of sp³-hybridized carbons (Fsp3) is 0.111. The Balaban J connectivity index is 0.00000155. The van der Waals surface area contributed by atoms with Gasteiger partial charge in [-0.1, -0.05) is 48.7 Å². The van der Waals surface area contributed by atoms with Gasteiger partial charge in [-0.3, -0.25) is 9.59 Å². The SMILES string of the molecule is CC.NC(=O)c1cc(Cl)cc(Cl)c1NC(=O)c1cc(Br)nn1-c1ncc(Cl)cc1F. The molecule has 2 aromatic heterocycles. The number of amides is 2. The molecule has 0 saturated heterocycles. The van der Waals surface area contributed by atoms with Gasteiger partial charge >= 0.3 is 0 Å². The maximum Gasteiger partial charge on any atom is 0.274 e. The Kier molecular flexibility index (Phi) is 8.19. The number of nitrogens with one attached hydrogen (secondary N) is 1. The standard InChI is InChI=1S/C16H8BrCl3FN5O2.C2H6/c17-12-4-11(26(25-12)15-10(21)3-7(19)5-23-15)16(28)24-13-8(14(22)27)1-6(18)2-9(13)20;1-2/h1-5H,(H2,22,27)(H,24,28);1-2H3. The normalized spacial score (nSPS) is 10.2. The molecular formula is C18H14BrCl3FN5O2. The molecule has 0 aliphatic rings. The number of halogens is 5. The first-order chi connectivity index (χ1) is 14.2. The fourth-order valence-corrected chi connectivity index (χ4v) is 3.37. The zero-order valence-corrected chi connectivity index (χ0v) is 19.4. The first-order valence-electron chi connectivity index (χ1n) is 8.34. The fourth-order valence-electron chi connectivity index (χ4n) is 2.31. The second-order valence-corrected chi connectivity index (χ2v) is 7.44. The predicted molar refractivity (Wildman–Crippen MR) is 118 cm³/mol. The van der Waals surface area contributed by atoms with Gasteiger partial charge in [-0.25, -0.2) is 14.1 Å². The quantitative estimate of drug-likeness (QED) is 0.458. The maximum atomic E-state index is 14.2. The highest BCUT2D eigenvalue weighted by atomic mass is 79.9. The van der Waals surface area contributed by atoms with Crippen molar-refractivity contribution in [2.45, 2.75) is 13.8 Å². The number of benzene rings is 1. The van der Waals surface area contributed by atoms with E-state index in [4.69, 9.17) is 40.5 Å². The van der Waals surface area contributed by atoms with Crippen molar-refractivity contribution in [3.8, 4) is 5.82 Å². The molecule has 3 rings (SSSR count). The number of carbonyl (C=O) groups excluding carboxylic acids is 2. The van der Waals surface area contributed by atoms with Crippen molar-refractivity contribution < 1.29 is 14.0 Å². The van der Waals surface area contributed by atoms with Crippen molar-refractivity contribution >= 4 is 68.2 Å². The smallest absolute Gasteiger partial charge is 0.274 e. The van der Waals surface area contributed by atoms with Crippen LogP contribution in [0.2, 0.25) is 15.1 Å². The zero-order valence-electron chi connectivity index (χ0n) is 15.5. The summed E-state index contributed by atoms with van der Waals surface area (Å²) in [6.45, 7) is 4.00. The van der Waals surface area contributed by atoms with Gasteiger partial charge in [-0.05, 0) is 34.1 Å². The van der Waals surface area contributed by atoms with Crippen LogP contribution in [0.1, 0.15) is 34.7 Å². The lowest BCUT2D eigenvalue weighted by atomic mass is 10.1. The number of nitrogens with zero attached hydrogens (tertiary/aromatic N) is 3. The van der Waals surface area contributed by atoms with Crippen molar-refractivity contribution in [2.75, 3.05) is 5.32 Å². The molecule has 0 fully saturated rings. The molecule has 0 bridgehead atoms. The van der Waals surface area contributed by atoms with Crippen LogP contribution in [0.15, 0.2) is 35.1 Å². The first kappa shape index (κ1) is 24.1. The molecule has 1 aromatic carbocycles. The topological polar surface area (TPSA) is 103 Å². The molecule has 0 atom stereocenters. The summed E-state index contributed by atoms with van der Waals surface area (Å²) in [4.78, 5) is 28.3. The third-order valence-corrected chi connectivity index (χ3v) is 4.57. The Morgan fingerprint density at radius 3 is 2.40 bits per heavy atom. The van der Waals surface area contributed by atoms with E-state index in [1.54, 1.807) is 0 Å². The predicted octanol–water partition coefficient (Wildman–Crippen LogP) is 5.51. The van der Waals surface area contributed by atoms with Gasteiger partial charge in [0.05, 0.1) is 21.3 Å². The van der Waals surface area contributed by atoms with Gasteiger partial charge in [-0.15, -0.1) is 0 Å². The number of rotatable bonds is 4. The summed E-state index contributed by atoms with van der Waals surface area (Å²) in [6.07, 6.45) is 1.21. The van der Waals surface area contributed by atoms with Crippen molar-refractivity contribution in [2.24, 2.45) is 5.73 Å². The van der Waals surface area contributed by atoms with Gasteiger partial charge in [-0.2, -0.15) is 5.10 Å². The van der Waals surface area contributed by atoms with Crippen molar-refractivity contribution in [3.63, 3.8) is 0 Å². The van der Waals surface area contributed by atoms with E-state index in [9.17, 15) is 14.0 Å². The van der Waals surface area contributed by atoms with Crippen LogP contribution >= 0.6 is 50.7 Å². The molecule has 2 heterocycles. The highest BCUT2D eigenvalue weighted by Gasteiger charge is 2.22. The maximum absolute atomic E-state index is 14.2. The van der Waals surface area contributed by atoms with Crippen LogP contribution in [0, 0.1) is 5.82 Å². The molecule has 3 aromatic rings. The third-order valence-electron chi connectivity index (χ3n) is 3.46. The van der Waals surface area contributed by atoms with Crippen LogP contribution in [-0.4, -0.2) is 26.6 Å². The molecule has 0 aliphatic heterocycles. The van der Waals surface area contributed by atoms with Crippen LogP contribution < -0.4 is 11.1 Å². The highest BCUT2D eigenvalue weighted by molar-refractivity contribution is 9.10. The molecular weight excluding hydrogens is 523 g/mol. The number of anilines is 1. The van der Waals surface area contributed by atoms with Crippen LogP contribution in [0.3, 0.4) is 0 Å². The molecule has 7 nitrogen and oxygen atoms in total. The Hall–Kier alpha value is -2.20. The van der Waals surface area contributed by atoms with Gasteiger partial charge < -0.3 is 11.1 Å². The van der Waals surface area contributed by atoms with Crippen molar-refractivity contribution in [1.82, 2.24) is 14.8 Å². The second-order valence-electron chi connectivity index (χ2n) is 5.35. The van der Waals surface area contributed by atoms with E-state index < -0.39 is 17.6 Å². The average molecular weight is 538 g/mol. The van der Waals surface area contributed by atoms with Crippen molar-refractivity contribution in [1.29, 1.82) is 0 Å². The molecule has 0 unspecified atom stereocenters. The highest BCUT2D eigenvalue weighted by Crippen LogP contribution is 2.31. The second kappa shape index (κ2) is 10.2. The van der Waals surface area contributed by atoms with Crippen LogP contribution in [0.25, 0.3) is 5.82 Å². The van der Waals surface area contributed by atoms with Crippen LogP contribution in [0.4, 0.5) is 10.1 Å². The molecule has 0 radical (unpaired) electrons. The molecule has 0 aliphatic carbocycles. The van der Waals surface area contributed by atoms with E-state index in [2.05, 4.69) is 31.3 Å². The van der Waals surface area contributed by atoms with E-state index in [1.807, 2.05) is 13.8 Å². The minimum absolute atomic E-state index is 0.00409. The van der Waals surface area contributed by atoms with Gasteiger partial charge in [0.2, 0.25) is 0 Å². The van der Waals surface area contributed by atoms with Crippen molar-refractivity contribution in [3.05, 3.63) is 67.2 Å². The van der Waals surface area contributed by atoms with Gasteiger partial charge in [0.25, 0.3) is 11.8 Å². The Morgan fingerprint density at radius 1 is 1.13 bits per heavy atom. The lowest BCUT2D eigenvalue weighted by Gasteiger charge is -2.12. The number of pyridine rings is 1. The Labute approximate surface area is 194 Å². The summed E-state index contributed by atoms with van der Waals surface area (Å²) in [5.74, 6) is -2.64. The summed E-state index contributed by atoms with van der Waals surface area (Å²) in [5, 5.41) is 6.72. The largest absolute Gasteiger partial charge is 0.366 e. The lowest BCUT2D eigenvalue weighted by molar-refractivity contribution is 0.100. The van der Waals surface area contributed by atoms with Gasteiger partial charge in [0, 0.05) is 17.3 Å². The summed E-state index contributed by atoms with van der Waals surface area (Å²) >= 11 is 20.8. The number of nitrogens with two attached hydrogens (primary N) is 1. The van der Waals surface area contributed by atoms with Gasteiger partial charge in [0.15, 0.2) is 11.6 Å².